The maximum absolute atomic E-state index is 10.9. The quantitative estimate of drug-likeness (QED) is 0.847. The van der Waals surface area contributed by atoms with E-state index in [0.717, 1.165) is 18.7 Å². The summed E-state index contributed by atoms with van der Waals surface area (Å²) in [5.41, 5.74) is -0.198. The summed E-state index contributed by atoms with van der Waals surface area (Å²) in [5, 5.41) is 20.5. The maximum Gasteiger partial charge on any atom is 0.305 e. The summed E-state index contributed by atoms with van der Waals surface area (Å²) >= 11 is 0. The first-order chi connectivity index (χ1) is 7.86. The van der Waals surface area contributed by atoms with Crippen molar-refractivity contribution in [2.45, 2.75) is 53.0 Å². The zero-order chi connectivity index (χ0) is 13.1. The van der Waals surface area contributed by atoms with Gasteiger partial charge in [-0.3, -0.25) is 4.79 Å². The molecule has 1 unspecified atom stereocenters. The van der Waals surface area contributed by atoms with E-state index in [-0.39, 0.29) is 17.9 Å². The van der Waals surface area contributed by atoms with Crippen molar-refractivity contribution in [3.8, 4) is 0 Å². The summed E-state index contributed by atoms with van der Waals surface area (Å²) in [6, 6.07) is -0.225. The number of carbonyl (C=O) groups is 1. The summed E-state index contributed by atoms with van der Waals surface area (Å²) in [7, 11) is 0. The molecule has 0 aliphatic carbocycles. The van der Waals surface area contributed by atoms with Crippen LogP contribution in [0, 0.1) is 5.41 Å². The van der Waals surface area contributed by atoms with E-state index in [4.69, 9.17) is 5.11 Å². The second kappa shape index (κ2) is 5.25. The van der Waals surface area contributed by atoms with Crippen LogP contribution in [0.4, 0.5) is 0 Å². The molecule has 1 N–H and O–H groups in total. The number of carboxylic acids is 1. The molecule has 0 radical (unpaired) electrons. The van der Waals surface area contributed by atoms with Crippen molar-refractivity contribution in [1.29, 1.82) is 0 Å². The number of hydrogen-bond acceptors (Lipinski definition) is 4. The summed E-state index contributed by atoms with van der Waals surface area (Å²) in [4.78, 5) is 10.9. The van der Waals surface area contributed by atoms with Crippen molar-refractivity contribution in [3.63, 3.8) is 0 Å². The SMILES string of the molecule is CCCc1nnnn1C(CC(=O)O)C(C)(C)C. The highest BCUT2D eigenvalue weighted by molar-refractivity contribution is 5.67. The van der Waals surface area contributed by atoms with Crippen LogP contribution in [0.3, 0.4) is 0 Å². The molecule has 17 heavy (non-hydrogen) atoms. The third-order valence-corrected chi connectivity index (χ3v) is 2.70. The second-order valence-corrected chi connectivity index (χ2v) is 5.27. The van der Waals surface area contributed by atoms with Crippen LogP contribution in [-0.2, 0) is 11.2 Å². The minimum Gasteiger partial charge on any atom is -0.481 e. The van der Waals surface area contributed by atoms with Crippen molar-refractivity contribution in [1.82, 2.24) is 20.2 Å². The van der Waals surface area contributed by atoms with Crippen LogP contribution >= 0.6 is 0 Å². The minimum atomic E-state index is -0.831. The molecule has 0 fully saturated rings. The Kier molecular flexibility index (Phi) is 4.20. The van der Waals surface area contributed by atoms with Crippen LogP contribution in [0.25, 0.3) is 0 Å². The Balaban J connectivity index is 3.04. The highest BCUT2D eigenvalue weighted by atomic mass is 16.4. The van der Waals surface area contributed by atoms with Crippen LogP contribution < -0.4 is 0 Å². The lowest BCUT2D eigenvalue weighted by atomic mass is 9.84. The van der Waals surface area contributed by atoms with Gasteiger partial charge >= 0.3 is 5.97 Å². The van der Waals surface area contributed by atoms with Crippen LogP contribution in [0.5, 0.6) is 0 Å². The monoisotopic (exact) mass is 240 g/mol. The van der Waals surface area contributed by atoms with Gasteiger partial charge in [0.15, 0.2) is 5.82 Å². The second-order valence-electron chi connectivity index (χ2n) is 5.27. The van der Waals surface area contributed by atoms with E-state index in [2.05, 4.69) is 15.5 Å². The molecule has 1 aromatic rings. The van der Waals surface area contributed by atoms with Gasteiger partial charge in [-0.25, -0.2) is 4.68 Å². The molecule has 1 atom stereocenters. The topological polar surface area (TPSA) is 80.9 Å². The molecule has 0 bridgehead atoms. The standard InChI is InChI=1S/C11H20N4O2/c1-5-6-9-12-13-14-15(9)8(7-10(16)17)11(2,3)4/h8H,5-7H2,1-4H3,(H,16,17). The summed E-state index contributed by atoms with van der Waals surface area (Å²) in [5.74, 6) is -0.0726. The average Bonchev–Trinajstić information content (AvgIpc) is 2.61. The van der Waals surface area contributed by atoms with Crippen LogP contribution in [0.2, 0.25) is 0 Å². The Morgan fingerprint density at radius 2 is 2.12 bits per heavy atom. The van der Waals surface area contributed by atoms with Gasteiger partial charge < -0.3 is 5.11 Å². The number of hydrogen-bond donors (Lipinski definition) is 1. The number of carboxylic acid groups (broad SMARTS) is 1. The Hall–Kier alpha value is -1.46. The van der Waals surface area contributed by atoms with Crippen molar-refractivity contribution >= 4 is 5.97 Å². The highest BCUT2D eigenvalue weighted by Crippen LogP contribution is 2.33. The average molecular weight is 240 g/mol. The molecule has 96 valence electrons. The fraction of sp³-hybridized carbons (Fsp3) is 0.818. The van der Waals surface area contributed by atoms with Gasteiger partial charge in [0.2, 0.25) is 0 Å². The lowest BCUT2D eigenvalue weighted by molar-refractivity contribution is -0.138. The van der Waals surface area contributed by atoms with E-state index in [1.165, 1.54) is 0 Å². The van der Waals surface area contributed by atoms with Crippen LogP contribution in [0.15, 0.2) is 0 Å². The predicted octanol–water partition coefficient (Wildman–Crippen LogP) is 1.69. The lowest BCUT2D eigenvalue weighted by Gasteiger charge is -2.29. The van der Waals surface area contributed by atoms with E-state index in [1.54, 1.807) is 4.68 Å². The van der Waals surface area contributed by atoms with Gasteiger partial charge in [0.05, 0.1) is 12.5 Å². The van der Waals surface area contributed by atoms with E-state index < -0.39 is 5.97 Å². The van der Waals surface area contributed by atoms with Crippen molar-refractivity contribution in [2.75, 3.05) is 0 Å². The molecule has 0 aliphatic rings. The molecule has 0 spiro atoms. The molecule has 0 amide bonds. The van der Waals surface area contributed by atoms with E-state index >= 15 is 0 Å². The first kappa shape index (κ1) is 13.6. The van der Waals surface area contributed by atoms with Gasteiger partial charge in [0.25, 0.3) is 0 Å². The van der Waals surface area contributed by atoms with E-state index in [9.17, 15) is 4.79 Å². The highest BCUT2D eigenvalue weighted by Gasteiger charge is 2.31. The number of aryl methyl sites for hydroxylation is 1. The molecule has 0 saturated heterocycles. The van der Waals surface area contributed by atoms with Crippen molar-refractivity contribution in [3.05, 3.63) is 5.82 Å². The molecule has 1 heterocycles. The Bertz CT molecular complexity index is 381. The first-order valence-electron chi connectivity index (χ1n) is 5.84. The summed E-state index contributed by atoms with van der Waals surface area (Å²) in [6.07, 6.45) is 1.73. The normalized spacial score (nSPS) is 13.6. The Morgan fingerprint density at radius 1 is 1.47 bits per heavy atom. The zero-order valence-corrected chi connectivity index (χ0v) is 10.8. The number of aliphatic carboxylic acids is 1. The van der Waals surface area contributed by atoms with Gasteiger partial charge in [0.1, 0.15) is 0 Å². The zero-order valence-electron chi connectivity index (χ0n) is 10.8. The van der Waals surface area contributed by atoms with Crippen molar-refractivity contribution in [2.24, 2.45) is 5.41 Å². The predicted molar refractivity (Wildman–Crippen MR) is 62.6 cm³/mol. The number of aromatic nitrogens is 4. The molecule has 6 nitrogen and oxygen atoms in total. The molecule has 0 aromatic carbocycles. The number of nitrogens with zero attached hydrogens (tertiary/aromatic N) is 4. The van der Waals surface area contributed by atoms with Crippen molar-refractivity contribution < 1.29 is 9.90 Å². The molecule has 6 heteroatoms. The fourth-order valence-corrected chi connectivity index (χ4v) is 1.77. The smallest absolute Gasteiger partial charge is 0.305 e. The third kappa shape index (κ3) is 3.51. The molecule has 0 aliphatic heterocycles. The Morgan fingerprint density at radius 3 is 2.59 bits per heavy atom. The number of tetrazole rings is 1. The Labute approximate surface area is 101 Å². The van der Waals surface area contributed by atoms with Crippen LogP contribution in [-0.4, -0.2) is 31.3 Å². The van der Waals surface area contributed by atoms with E-state index in [0.29, 0.717) is 0 Å². The molecular weight excluding hydrogens is 220 g/mol. The summed E-state index contributed by atoms with van der Waals surface area (Å²) < 4.78 is 1.66. The summed E-state index contributed by atoms with van der Waals surface area (Å²) in [6.45, 7) is 8.04. The molecular formula is C11H20N4O2. The lowest BCUT2D eigenvalue weighted by Crippen LogP contribution is -2.29. The van der Waals surface area contributed by atoms with Gasteiger partial charge in [-0.2, -0.15) is 0 Å². The third-order valence-electron chi connectivity index (χ3n) is 2.70. The van der Waals surface area contributed by atoms with Gasteiger partial charge in [-0.05, 0) is 22.3 Å². The largest absolute Gasteiger partial charge is 0.481 e. The molecule has 0 saturated carbocycles. The molecule has 1 aromatic heterocycles. The number of rotatable bonds is 5. The molecule has 1 rings (SSSR count). The fourth-order valence-electron chi connectivity index (χ4n) is 1.77. The minimum absolute atomic E-state index is 0.0330. The van der Waals surface area contributed by atoms with E-state index in [1.807, 2.05) is 27.7 Å². The van der Waals surface area contributed by atoms with Gasteiger partial charge in [-0.15, -0.1) is 5.10 Å². The van der Waals surface area contributed by atoms with Gasteiger partial charge in [-0.1, -0.05) is 27.7 Å². The maximum atomic E-state index is 10.9. The van der Waals surface area contributed by atoms with Gasteiger partial charge in [0, 0.05) is 6.42 Å². The van der Waals surface area contributed by atoms with Crippen LogP contribution in [0.1, 0.15) is 52.4 Å². The first-order valence-corrected chi connectivity index (χ1v) is 5.84.